The first-order chi connectivity index (χ1) is 19.2. The summed E-state index contributed by atoms with van der Waals surface area (Å²) >= 11 is 0. The van der Waals surface area contributed by atoms with Crippen molar-refractivity contribution in [1.82, 2.24) is 0 Å². The Balaban J connectivity index is 3.44. The highest BCUT2D eigenvalue weighted by molar-refractivity contribution is 7.47. The summed E-state index contributed by atoms with van der Waals surface area (Å²) in [4.78, 5) is 9.67. The van der Waals surface area contributed by atoms with Gasteiger partial charge in [-0.2, -0.15) is 0 Å². The summed E-state index contributed by atoms with van der Waals surface area (Å²) in [7, 11) is 1.74. The standard InChI is InChI=1S/C32H60NO6P/c1-5-6-7-8-9-10-11-12-13-14-15-16-17-18-19-20-21-22-23-24-25-26-28-37-30-32(34)31-39-40(35,36)38-29-27-33(2,3)4/h6-7,9-10,12-13,15-16,32,34H,5,8,11,14,17-31H2,1-4H3/p+1/b7-6-,10-9-,13-12-,16-15-. The first-order valence-corrected chi connectivity index (χ1v) is 16.9. The lowest BCUT2D eigenvalue weighted by Crippen LogP contribution is -2.37. The van der Waals surface area contributed by atoms with Crippen molar-refractivity contribution < 1.29 is 32.8 Å². The highest BCUT2D eigenvalue weighted by Gasteiger charge is 2.24. The predicted octanol–water partition coefficient (Wildman–Crippen LogP) is 7.91. The third kappa shape index (κ3) is 31.5. The second kappa shape index (κ2) is 26.8. The molecule has 0 aliphatic rings. The fraction of sp³-hybridized carbons (Fsp3) is 0.750. The van der Waals surface area contributed by atoms with E-state index in [9.17, 15) is 14.6 Å². The van der Waals surface area contributed by atoms with Gasteiger partial charge >= 0.3 is 7.82 Å². The van der Waals surface area contributed by atoms with E-state index in [2.05, 4.69) is 55.5 Å². The molecule has 0 aromatic rings. The number of ether oxygens (including phenoxy) is 1. The molecule has 0 rings (SSSR count). The Morgan fingerprint density at radius 2 is 1.18 bits per heavy atom. The van der Waals surface area contributed by atoms with Crippen LogP contribution in [0.1, 0.15) is 96.8 Å². The second-order valence-electron chi connectivity index (χ2n) is 11.3. The molecule has 2 unspecified atom stereocenters. The van der Waals surface area contributed by atoms with Crippen molar-refractivity contribution in [3.8, 4) is 0 Å². The summed E-state index contributed by atoms with van der Waals surface area (Å²) in [6.07, 6.45) is 33.4. The molecule has 0 aliphatic heterocycles. The lowest BCUT2D eigenvalue weighted by atomic mass is 10.1. The number of nitrogens with zero attached hydrogens (tertiary/aromatic N) is 1. The van der Waals surface area contributed by atoms with E-state index < -0.39 is 13.9 Å². The molecular weight excluding hydrogens is 525 g/mol. The molecule has 234 valence electrons. The summed E-state index contributed by atoms with van der Waals surface area (Å²) in [5, 5.41) is 9.89. The number of aliphatic hydroxyl groups excluding tert-OH is 1. The molecule has 0 saturated carbocycles. The van der Waals surface area contributed by atoms with Gasteiger partial charge in [-0.05, 0) is 44.9 Å². The fourth-order valence-corrected chi connectivity index (χ4v) is 4.46. The lowest BCUT2D eigenvalue weighted by molar-refractivity contribution is -0.870. The maximum absolute atomic E-state index is 11.8. The number of allylic oxidation sites excluding steroid dienone is 8. The molecule has 40 heavy (non-hydrogen) atoms. The highest BCUT2D eigenvalue weighted by atomic mass is 31.2. The van der Waals surface area contributed by atoms with Crippen molar-refractivity contribution in [2.24, 2.45) is 0 Å². The molecule has 0 amide bonds. The Labute approximate surface area is 246 Å². The number of aliphatic hydroxyl groups is 1. The van der Waals surface area contributed by atoms with Crippen LogP contribution in [-0.2, 0) is 18.3 Å². The summed E-state index contributed by atoms with van der Waals surface area (Å²) in [6, 6.07) is 0. The van der Waals surface area contributed by atoms with Crippen molar-refractivity contribution in [2.45, 2.75) is 103 Å². The van der Waals surface area contributed by atoms with E-state index in [1.165, 1.54) is 51.4 Å². The van der Waals surface area contributed by atoms with E-state index in [1.807, 2.05) is 21.1 Å². The minimum atomic E-state index is -4.15. The van der Waals surface area contributed by atoms with Gasteiger partial charge in [-0.25, -0.2) is 4.57 Å². The van der Waals surface area contributed by atoms with Gasteiger partial charge in [0, 0.05) is 6.61 Å². The highest BCUT2D eigenvalue weighted by Crippen LogP contribution is 2.43. The van der Waals surface area contributed by atoms with Gasteiger partial charge in [-0.3, -0.25) is 9.05 Å². The Hall–Kier alpha value is -1.05. The van der Waals surface area contributed by atoms with Crippen LogP contribution in [-0.4, -0.2) is 74.7 Å². The average molecular weight is 587 g/mol. The average Bonchev–Trinajstić information content (AvgIpc) is 2.89. The molecule has 0 aromatic carbocycles. The molecule has 0 heterocycles. The maximum atomic E-state index is 11.8. The third-order valence-corrected chi connectivity index (χ3v) is 7.12. The van der Waals surface area contributed by atoms with Gasteiger partial charge in [0.15, 0.2) is 0 Å². The van der Waals surface area contributed by atoms with Crippen LogP contribution in [0.2, 0.25) is 0 Å². The summed E-state index contributed by atoms with van der Waals surface area (Å²) in [6.45, 7) is 3.21. The minimum absolute atomic E-state index is 0.0831. The topological polar surface area (TPSA) is 85.2 Å². The van der Waals surface area contributed by atoms with Crippen LogP contribution < -0.4 is 0 Å². The zero-order chi connectivity index (χ0) is 29.8. The van der Waals surface area contributed by atoms with Gasteiger partial charge in [0.25, 0.3) is 0 Å². The molecule has 0 aromatic heterocycles. The van der Waals surface area contributed by atoms with Gasteiger partial charge in [-0.15, -0.1) is 0 Å². The van der Waals surface area contributed by atoms with Crippen LogP contribution in [0.15, 0.2) is 48.6 Å². The molecule has 0 aliphatic carbocycles. The van der Waals surface area contributed by atoms with Crippen molar-refractivity contribution in [3.63, 3.8) is 0 Å². The Morgan fingerprint density at radius 3 is 1.73 bits per heavy atom. The molecule has 7 nitrogen and oxygen atoms in total. The van der Waals surface area contributed by atoms with Crippen LogP contribution >= 0.6 is 7.82 Å². The van der Waals surface area contributed by atoms with E-state index in [4.69, 9.17) is 13.8 Å². The fourth-order valence-electron chi connectivity index (χ4n) is 3.72. The number of hydrogen-bond donors (Lipinski definition) is 2. The van der Waals surface area contributed by atoms with Crippen LogP contribution in [0.5, 0.6) is 0 Å². The van der Waals surface area contributed by atoms with Gasteiger partial charge in [0.1, 0.15) is 19.3 Å². The third-order valence-electron chi connectivity index (χ3n) is 6.14. The Morgan fingerprint density at radius 1 is 0.675 bits per heavy atom. The number of phosphoric ester groups is 1. The van der Waals surface area contributed by atoms with Crippen molar-refractivity contribution >= 4 is 7.82 Å². The van der Waals surface area contributed by atoms with Crippen molar-refractivity contribution in [1.29, 1.82) is 0 Å². The van der Waals surface area contributed by atoms with Gasteiger partial charge < -0.3 is 19.2 Å². The van der Waals surface area contributed by atoms with E-state index in [0.717, 1.165) is 38.5 Å². The van der Waals surface area contributed by atoms with Gasteiger partial charge in [0.2, 0.25) is 0 Å². The molecular formula is C32H61NO6P+. The van der Waals surface area contributed by atoms with Crippen molar-refractivity contribution in [2.75, 3.05) is 54.1 Å². The number of hydrogen-bond acceptors (Lipinski definition) is 5. The number of quaternary nitrogens is 1. The summed E-state index contributed by atoms with van der Waals surface area (Å²) in [5.41, 5.74) is 0. The van der Waals surface area contributed by atoms with Crippen LogP contribution in [0, 0.1) is 0 Å². The summed E-state index contributed by atoms with van der Waals surface area (Å²) < 4.78 is 27.7. The molecule has 2 atom stereocenters. The van der Waals surface area contributed by atoms with E-state index in [0.29, 0.717) is 17.6 Å². The minimum Gasteiger partial charge on any atom is -0.388 e. The molecule has 8 heteroatoms. The van der Waals surface area contributed by atoms with E-state index in [1.54, 1.807) is 0 Å². The first-order valence-electron chi connectivity index (χ1n) is 15.4. The smallest absolute Gasteiger partial charge is 0.388 e. The number of likely N-dealkylation sites (N-methyl/N-ethyl adjacent to an activating group) is 1. The number of unbranched alkanes of at least 4 members (excludes halogenated alkanes) is 9. The van der Waals surface area contributed by atoms with Gasteiger partial charge in [0.05, 0.1) is 34.4 Å². The molecule has 0 spiro atoms. The lowest BCUT2D eigenvalue weighted by Gasteiger charge is -2.24. The van der Waals surface area contributed by atoms with Gasteiger partial charge in [-0.1, -0.05) is 100 Å². The van der Waals surface area contributed by atoms with E-state index >= 15 is 0 Å². The maximum Gasteiger partial charge on any atom is 0.472 e. The molecule has 0 radical (unpaired) electrons. The van der Waals surface area contributed by atoms with Crippen molar-refractivity contribution in [3.05, 3.63) is 48.6 Å². The normalized spacial score (nSPS) is 15.2. The monoisotopic (exact) mass is 586 g/mol. The molecule has 0 bridgehead atoms. The summed E-state index contributed by atoms with van der Waals surface area (Å²) in [5.74, 6) is 0. The van der Waals surface area contributed by atoms with Crippen LogP contribution in [0.3, 0.4) is 0 Å². The first kappa shape index (κ1) is 39.0. The Bertz CT molecular complexity index is 729. The van der Waals surface area contributed by atoms with Crippen LogP contribution in [0.25, 0.3) is 0 Å². The molecule has 0 fully saturated rings. The zero-order valence-corrected chi connectivity index (χ0v) is 26.9. The second-order valence-corrected chi connectivity index (χ2v) is 12.8. The van der Waals surface area contributed by atoms with E-state index in [-0.39, 0.29) is 19.8 Å². The van der Waals surface area contributed by atoms with Crippen LogP contribution in [0.4, 0.5) is 0 Å². The Kier molecular flexibility index (Phi) is 26.1. The zero-order valence-electron chi connectivity index (χ0n) is 26.1. The number of phosphoric acid groups is 1. The SMILES string of the molecule is CC/C=C\C/C=C\C/C=C\C/C=C\CCCCCCCCCCCOCC(O)COP(=O)(O)OCC[N+](C)(C)C. The molecule has 2 N–H and O–H groups in total. The predicted molar refractivity (Wildman–Crippen MR) is 168 cm³/mol. The molecule has 0 saturated heterocycles. The quantitative estimate of drug-likeness (QED) is 0.0419. The number of rotatable bonds is 28. The largest absolute Gasteiger partial charge is 0.472 e.